The van der Waals surface area contributed by atoms with Crippen molar-refractivity contribution < 1.29 is 17.4 Å². The summed E-state index contributed by atoms with van der Waals surface area (Å²) in [7, 11) is -4.00. The fraction of sp³-hybridized carbons (Fsp3) is 0.391. The lowest BCUT2D eigenvalue weighted by Crippen LogP contribution is -2.28. The van der Waals surface area contributed by atoms with Gasteiger partial charge in [-0.1, -0.05) is 13.8 Å². The van der Waals surface area contributed by atoms with Gasteiger partial charge in [0.25, 0.3) is 0 Å². The van der Waals surface area contributed by atoms with Crippen molar-refractivity contribution in [3.05, 3.63) is 42.5 Å². The quantitative estimate of drug-likeness (QED) is 0.367. The van der Waals surface area contributed by atoms with Crippen molar-refractivity contribution in [3.8, 4) is 5.75 Å². The first-order chi connectivity index (χ1) is 15.9. The Bertz CT molecular complexity index is 1220. The van der Waals surface area contributed by atoms with Gasteiger partial charge in [-0.05, 0) is 62.3 Å². The standard InChI is InChI=1S/C23H29N5O4S/c1-3-28(4-2)14-13-24-17-7-10-19(11-8-17)33(30,31)32-18-9-12-20-21(15-18)26-23(25-20)27-22(29)16-5-6-16/h7-12,15-16,24H,3-6,13-14H2,1-2H3,(H2,25,26,27,29). The number of aromatic nitrogens is 2. The Labute approximate surface area is 193 Å². The number of anilines is 2. The minimum absolute atomic E-state index is 0.0564. The second-order valence-corrected chi connectivity index (χ2v) is 9.59. The Hall–Kier alpha value is -3.11. The maximum atomic E-state index is 12.7. The summed E-state index contributed by atoms with van der Waals surface area (Å²) in [6, 6.07) is 11.2. The summed E-state index contributed by atoms with van der Waals surface area (Å²) in [5, 5.41) is 6.05. The van der Waals surface area contributed by atoms with Crippen LogP contribution in [0.2, 0.25) is 0 Å². The van der Waals surface area contributed by atoms with E-state index in [1.54, 1.807) is 24.3 Å². The summed E-state index contributed by atoms with van der Waals surface area (Å²) in [6.45, 7) is 7.92. The second kappa shape index (κ2) is 9.80. The summed E-state index contributed by atoms with van der Waals surface area (Å²) in [5.74, 6) is 0.492. The number of hydrogen-bond donors (Lipinski definition) is 3. The molecule has 1 aromatic heterocycles. The molecule has 0 radical (unpaired) electrons. The summed E-state index contributed by atoms with van der Waals surface area (Å²) < 4.78 is 30.8. The zero-order chi connectivity index (χ0) is 23.4. The maximum absolute atomic E-state index is 12.7. The monoisotopic (exact) mass is 471 g/mol. The molecule has 1 saturated carbocycles. The van der Waals surface area contributed by atoms with Crippen molar-refractivity contribution >= 4 is 38.7 Å². The molecule has 1 amide bonds. The third kappa shape index (κ3) is 5.82. The molecule has 10 heteroatoms. The fourth-order valence-corrected chi connectivity index (χ4v) is 4.40. The van der Waals surface area contributed by atoms with E-state index >= 15 is 0 Å². The summed E-state index contributed by atoms with van der Waals surface area (Å²) in [6.07, 6.45) is 1.80. The van der Waals surface area contributed by atoms with Crippen LogP contribution in [0.25, 0.3) is 11.0 Å². The SMILES string of the molecule is CCN(CC)CCNc1ccc(S(=O)(=O)Oc2ccc3[nH]c(NC(=O)C4CC4)nc3c2)cc1. The highest BCUT2D eigenvalue weighted by Gasteiger charge is 2.30. The van der Waals surface area contributed by atoms with Gasteiger partial charge in [0, 0.05) is 30.8 Å². The zero-order valence-corrected chi connectivity index (χ0v) is 19.6. The largest absolute Gasteiger partial charge is 0.384 e. The molecule has 0 atom stereocenters. The van der Waals surface area contributed by atoms with E-state index in [0.717, 1.165) is 44.7 Å². The third-order valence-electron chi connectivity index (χ3n) is 5.64. The molecule has 0 aliphatic heterocycles. The van der Waals surface area contributed by atoms with Crippen LogP contribution >= 0.6 is 0 Å². The summed E-state index contributed by atoms with van der Waals surface area (Å²) >= 11 is 0. The number of imidazole rings is 1. The predicted molar refractivity (Wildman–Crippen MR) is 128 cm³/mol. The molecule has 4 rings (SSSR count). The Morgan fingerprint density at radius 3 is 2.55 bits per heavy atom. The van der Waals surface area contributed by atoms with Gasteiger partial charge in [-0.2, -0.15) is 8.42 Å². The number of carbonyl (C=O) groups is 1. The minimum Gasteiger partial charge on any atom is -0.384 e. The number of H-pyrrole nitrogens is 1. The molecule has 1 heterocycles. The van der Waals surface area contributed by atoms with Crippen LogP contribution in [-0.4, -0.2) is 55.4 Å². The van der Waals surface area contributed by atoms with Gasteiger partial charge in [0.15, 0.2) is 0 Å². The molecule has 0 bridgehead atoms. The number of amides is 1. The number of nitrogens with zero attached hydrogens (tertiary/aromatic N) is 2. The normalized spacial score (nSPS) is 13.9. The smallest absolute Gasteiger partial charge is 0.339 e. The van der Waals surface area contributed by atoms with E-state index in [1.807, 2.05) is 0 Å². The molecule has 0 spiro atoms. The van der Waals surface area contributed by atoms with Crippen molar-refractivity contribution in [3.63, 3.8) is 0 Å². The molecule has 2 aromatic carbocycles. The molecule has 0 unspecified atom stereocenters. The molecule has 1 aliphatic carbocycles. The van der Waals surface area contributed by atoms with Crippen LogP contribution in [0.1, 0.15) is 26.7 Å². The van der Waals surface area contributed by atoms with Crippen molar-refractivity contribution in [1.82, 2.24) is 14.9 Å². The predicted octanol–water partition coefficient (Wildman–Crippen LogP) is 3.43. The molecule has 3 N–H and O–H groups in total. The fourth-order valence-electron chi connectivity index (χ4n) is 3.47. The van der Waals surface area contributed by atoms with E-state index in [-0.39, 0.29) is 22.5 Å². The topological polar surface area (TPSA) is 116 Å². The first-order valence-electron chi connectivity index (χ1n) is 11.2. The first kappa shape index (κ1) is 23.1. The highest BCUT2D eigenvalue weighted by molar-refractivity contribution is 7.87. The third-order valence-corrected chi connectivity index (χ3v) is 6.91. The van der Waals surface area contributed by atoms with Gasteiger partial charge in [0.2, 0.25) is 11.9 Å². The average molecular weight is 472 g/mol. The molecular formula is C23H29N5O4S. The molecule has 33 heavy (non-hydrogen) atoms. The molecule has 0 saturated heterocycles. The molecular weight excluding hydrogens is 442 g/mol. The molecule has 3 aromatic rings. The van der Waals surface area contributed by atoms with Gasteiger partial charge in [-0.3, -0.25) is 10.1 Å². The maximum Gasteiger partial charge on any atom is 0.339 e. The Balaban J connectivity index is 1.39. The Kier molecular flexibility index (Phi) is 6.85. The van der Waals surface area contributed by atoms with Crippen molar-refractivity contribution in [2.75, 3.05) is 36.8 Å². The number of fused-ring (bicyclic) bond motifs is 1. The average Bonchev–Trinajstić information content (AvgIpc) is 3.58. The first-order valence-corrected chi connectivity index (χ1v) is 12.6. The van der Waals surface area contributed by atoms with E-state index in [0.29, 0.717) is 17.0 Å². The van der Waals surface area contributed by atoms with Gasteiger partial charge < -0.3 is 19.4 Å². The lowest BCUT2D eigenvalue weighted by molar-refractivity contribution is -0.117. The van der Waals surface area contributed by atoms with Crippen LogP contribution in [-0.2, 0) is 14.9 Å². The van der Waals surface area contributed by atoms with Gasteiger partial charge in [0.1, 0.15) is 10.6 Å². The van der Waals surface area contributed by atoms with Crippen LogP contribution in [0.4, 0.5) is 11.6 Å². The number of carbonyl (C=O) groups excluding carboxylic acids is 1. The summed E-state index contributed by atoms with van der Waals surface area (Å²) in [5.41, 5.74) is 2.02. The molecule has 1 aliphatic rings. The van der Waals surface area contributed by atoms with Gasteiger partial charge in [-0.25, -0.2) is 4.98 Å². The highest BCUT2D eigenvalue weighted by atomic mass is 32.2. The van der Waals surface area contributed by atoms with Crippen molar-refractivity contribution in [2.45, 2.75) is 31.6 Å². The highest BCUT2D eigenvalue weighted by Crippen LogP contribution is 2.30. The van der Waals surface area contributed by atoms with Crippen molar-refractivity contribution in [2.24, 2.45) is 5.92 Å². The number of aromatic amines is 1. The minimum atomic E-state index is -4.00. The van der Waals surface area contributed by atoms with Crippen LogP contribution in [0, 0.1) is 5.92 Å². The number of likely N-dealkylation sites (N-methyl/N-ethyl adjacent to an activating group) is 1. The number of hydrogen-bond acceptors (Lipinski definition) is 7. The molecule has 176 valence electrons. The Morgan fingerprint density at radius 1 is 1.15 bits per heavy atom. The van der Waals surface area contributed by atoms with Crippen LogP contribution in [0.15, 0.2) is 47.4 Å². The van der Waals surface area contributed by atoms with Crippen molar-refractivity contribution in [1.29, 1.82) is 0 Å². The van der Waals surface area contributed by atoms with Crippen LogP contribution < -0.4 is 14.8 Å². The number of nitrogens with one attached hydrogen (secondary N) is 3. The zero-order valence-electron chi connectivity index (χ0n) is 18.8. The Morgan fingerprint density at radius 2 is 1.88 bits per heavy atom. The van der Waals surface area contributed by atoms with Crippen LogP contribution in [0.3, 0.4) is 0 Å². The van der Waals surface area contributed by atoms with E-state index in [9.17, 15) is 13.2 Å². The van der Waals surface area contributed by atoms with Crippen LogP contribution in [0.5, 0.6) is 5.75 Å². The lowest BCUT2D eigenvalue weighted by atomic mass is 10.3. The molecule has 9 nitrogen and oxygen atoms in total. The summed E-state index contributed by atoms with van der Waals surface area (Å²) in [4.78, 5) is 21.6. The second-order valence-electron chi connectivity index (χ2n) is 8.04. The van der Waals surface area contributed by atoms with E-state index in [2.05, 4.69) is 39.3 Å². The van der Waals surface area contributed by atoms with Gasteiger partial charge in [0.05, 0.1) is 11.0 Å². The van der Waals surface area contributed by atoms with Gasteiger partial charge in [-0.15, -0.1) is 0 Å². The molecule has 1 fully saturated rings. The van der Waals surface area contributed by atoms with E-state index < -0.39 is 10.1 Å². The lowest BCUT2D eigenvalue weighted by Gasteiger charge is -2.18. The number of rotatable bonds is 11. The van der Waals surface area contributed by atoms with E-state index in [4.69, 9.17) is 4.18 Å². The van der Waals surface area contributed by atoms with Gasteiger partial charge >= 0.3 is 10.1 Å². The number of benzene rings is 2. The van der Waals surface area contributed by atoms with E-state index in [1.165, 1.54) is 18.2 Å².